The molecule has 10 heteroatoms. The molecule has 44 heavy (non-hydrogen) atoms. The van der Waals surface area contributed by atoms with Crippen LogP contribution in [0.3, 0.4) is 0 Å². The number of hydrogen-bond acceptors (Lipinski definition) is 6. The number of aliphatic hydroxyl groups excluding tert-OH is 2. The van der Waals surface area contributed by atoms with E-state index in [-0.39, 0.29) is 34.3 Å². The highest BCUT2D eigenvalue weighted by Crippen LogP contribution is 2.23. The van der Waals surface area contributed by atoms with Gasteiger partial charge < -0.3 is 20.8 Å². The molecule has 0 fully saturated rings. The highest BCUT2D eigenvalue weighted by Gasteiger charge is 2.18. The van der Waals surface area contributed by atoms with Crippen molar-refractivity contribution in [3.05, 3.63) is 129 Å². The maximum Gasteiger partial charge on any atom is 0.206 e. The van der Waals surface area contributed by atoms with E-state index in [1.165, 1.54) is 0 Å². The first-order valence-electron chi connectivity index (χ1n) is 14.3. The second kappa shape index (κ2) is 16.7. The van der Waals surface area contributed by atoms with Crippen molar-refractivity contribution in [2.75, 3.05) is 13.1 Å². The minimum absolute atomic E-state index is 0. The molecule has 0 bridgehead atoms. The van der Waals surface area contributed by atoms with Crippen molar-refractivity contribution in [3.63, 3.8) is 0 Å². The molecular formula is C34H39Cl3N2O4S. The van der Waals surface area contributed by atoms with Gasteiger partial charge in [0.15, 0.2) is 0 Å². The Morgan fingerprint density at radius 1 is 0.636 bits per heavy atom. The van der Waals surface area contributed by atoms with Gasteiger partial charge in [-0.15, -0.1) is 12.4 Å². The molecule has 0 saturated carbocycles. The van der Waals surface area contributed by atoms with E-state index in [1.807, 2.05) is 62.4 Å². The maximum absolute atomic E-state index is 13.3. The summed E-state index contributed by atoms with van der Waals surface area (Å²) in [6.07, 6.45) is 0.0125. The van der Waals surface area contributed by atoms with Crippen LogP contribution in [-0.4, -0.2) is 43.8 Å². The van der Waals surface area contributed by atoms with E-state index in [9.17, 15) is 18.6 Å². The second-order valence-electron chi connectivity index (χ2n) is 11.0. The summed E-state index contributed by atoms with van der Waals surface area (Å²) in [5, 5.41) is 28.7. The standard InChI is InChI=1S/C34H38Cl2N2O4S.ClH/c1-23(37-21-33(39)27-5-3-7-29(35)19-27)17-25-9-13-31(14-10-25)43(41,42)32-15-11-26(12-16-32)18-24(2)38-22-34(40)28-6-4-8-30(36)20-28;/h3-16,19-20,23-24,33-34,37-40H,17-18,21-22H2,1-2H3;1H/t23-,24-,33+,34+;/m1./s1. The van der Waals surface area contributed by atoms with Crippen LogP contribution in [0.1, 0.15) is 48.3 Å². The minimum atomic E-state index is -3.66. The van der Waals surface area contributed by atoms with Gasteiger partial charge in [0.05, 0.1) is 22.0 Å². The van der Waals surface area contributed by atoms with E-state index in [0.717, 1.165) is 22.3 Å². The van der Waals surface area contributed by atoms with Gasteiger partial charge in [-0.2, -0.15) is 0 Å². The van der Waals surface area contributed by atoms with Gasteiger partial charge in [-0.25, -0.2) is 8.42 Å². The summed E-state index contributed by atoms with van der Waals surface area (Å²) in [4.78, 5) is 0.483. The van der Waals surface area contributed by atoms with Crippen LogP contribution in [0, 0.1) is 0 Å². The summed E-state index contributed by atoms with van der Waals surface area (Å²) in [6.45, 7) is 4.80. The summed E-state index contributed by atoms with van der Waals surface area (Å²) >= 11 is 12.0. The van der Waals surface area contributed by atoms with Crippen LogP contribution in [0.2, 0.25) is 10.0 Å². The zero-order valence-corrected chi connectivity index (χ0v) is 27.8. The van der Waals surface area contributed by atoms with E-state index in [1.54, 1.807) is 48.5 Å². The highest BCUT2D eigenvalue weighted by atomic mass is 35.5. The van der Waals surface area contributed by atoms with Gasteiger partial charge in [0.2, 0.25) is 9.84 Å². The van der Waals surface area contributed by atoms with Crippen LogP contribution in [0.4, 0.5) is 0 Å². The van der Waals surface area contributed by atoms with Crippen molar-refractivity contribution in [3.8, 4) is 0 Å². The Bertz CT molecular complexity index is 1470. The number of aliphatic hydroxyl groups is 2. The Morgan fingerprint density at radius 3 is 1.34 bits per heavy atom. The normalized spacial score (nSPS) is 14.3. The third kappa shape index (κ3) is 10.3. The lowest BCUT2D eigenvalue weighted by Crippen LogP contribution is -2.32. The Hall–Kier alpha value is -2.46. The molecule has 6 nitrogen and oxygen atoms in total. The molecular weight excluding hydrogens is 639 g/mol. The van der Waals surface area contributed by atoms with Gasteiger partial charge in [0.25, 0.3) is 0 Å². The summed E-state index contributed by atoms with van der Waals surface area (Å²) in [7, 11) is -3.66. The molecule has 0 aliphatic heterocycles. The molecule has 4 aromatic rings. The van der Waals surface area contributed by atoms with Crippen LogP contribution >= 0.6 is 35.6 Å². The molecule has 4 N–H and O–H groups in total. The molecule has 0 aliphatic rings. The van der Waals surface area contributed by atoms with Crippen LogP contribution < -0.4 is 10.6 Å². The SMILES string of the molecule is C[C@H](Cc1ccc(S(=O)(=O)c2ccc(C[C@@H](C)NC[C@H](O)c3cccc(Cl)c3)cc2)cc1)NC[C@H](O)c1cccc(Cl)c1.Cl. The minimum Gasteiger partial charge on any atom is -0.387 e. The van der Waals surface area contributed by atoms with Gasteiger partial charge in [-0.05, 0) is 97.5 Å². The molecule has 0 radical (unpaired) electrons. The molecule has 0 saturated heterocycles. The van der Waals surface area contributed by atoms with Crippen LogP contribution in [-0.2, 0) is 22.7 Å². The largest absolute Gasteiger partial charge is 0.387 e. The molecule has 0 unspecified atom stereocenters. The highest BCUT2D eigenvalue weighted by molar-refractivity contribution is 7.91. The first-order chi connectivity index (χ1) is 20.5. The third-order valence-corrected chi connectivity index (χ3v) is 9.59. The predicted octanol–water partition coefficient (Wildman–Crippen LogP) is 6.76. The lowest BCUT2D eigenvalue weighted by atomic mass is 10.1. The van der Waals surface area contributed by atoms with Crippen molar-refractivity contribution in [2.45, 2.75) is 60.8 Å². The second-order valence-corrected chi connectivity index (χ2v) is 13.8. The molecule has 0 spiro atoms. The van der Waals surface area contributed by atoms with E-state index >= 15 is 0 Å². The fourth-order valence-corrected chi connectivity index (χ4v) is 6.54. The Kier molecular flexibility index (Phi) is 13.7. The molecule has 236 valence electrons. The quantitative estimate of drug-likeness (QED) is 0.118. The molecule has 4 atom stereocenters. The molecule has 0 amide bonds. The average Bonchev–Trinajstić information content (AvgIpc) is 2.99. The van der Waals surface area contributed by atoms with Crippen molar-refractivity contribution in [2.24, 2.45) is 0 Å². The number of benzene rings is 4. The fourth-order valence-electron chi connectivity index (χ4n) is 4.89. The van der Waals surface area contributed by atoms with Crippen molar-refractivity contribution < 1.29 is 18.6 Å². The van der Waals surface area contributed by atoms with Gasteiger partial charge >= 0.3 is 0 Å². The summed E-state index contributed by atoms with van der Waals surface area (Å²) in [5.74, 6) is 0. The summed E-state index contributed by atoms with van der Waals surface area (Å²) in [6, 6.07) is 28.4. The average molecular weight is 678 g/mol. The third-order valence-electron chi connectivity index (χ3n) is 7.34. The zero-order chi connectivity index (χ0) is 31.0. The van der Waals surface area contributed by atoms with E-state index < -0.39 is 22.0 Å². The first kappa shape index (κ1) is 36.0. The lowest BCUT2D eigenvalue weighted by Gasteiger charge is -2.18. The van der Waals surface area contributed by atoms with Crippen molar-refractivity contribution in [1.82, 2.24) is 10.6 Å². The van der Waals surface area contributed by atoms with E-state index in [0.29, 0.717) is 36.0 Å². The number of nitrogens with one attached hydrogen (secondary N) is 2. The number of halogens is 3. The Morgan fingerprint density at radius 2 is 1.00 bits per heavy atom. The monoisotopic (exact) mass is 676 g/mol. The number of rotatable bonds is 14. The topological polar surface area (TPSA) is 98.7 Å². The van der Waals surface area contributed by atoms with Crippen molar-refractivity contribution in [1.29, 1.82) is 0 Å². The van der Waals surface area contributed by atoms with Gasteiger partial charge in [-0.3, -0.25) is 0 Å². The number of sulfone groups is 1. The molecule has 0 heterocycles. The molecule has 4 rings (SSSR count). The van der Waals surface area contributed by atoms with Crippen LogP contribution in [0.15, 0.2) is 107 Å². The Balaban J connectivity index is 0.00000529. The van der Waals surface area contributed by atoms with Gasteiger partial charge in [0.1, 0.15) is 0 Å². The Labute approximate surface area is 276 Å². The summed E-state index contributed by atoms with van der Waals surface area (Å²) in [5.41, 5.74) is 3.50. The lowest BCUT2D eigenvalue weighted by molar-refractivity contribution is 0.170. The zero-order valence-electron chi connectivity index (χ0n) is 24.7. The van der Waals surface area contributed by atoms with Crippen molar-refractivity contribution >= 4 is 45.4 Å². The molecule has 0 aromatic heterocycles. The molecule has 0 aliphatic carbocycles. The van der Waals surface area contributed by atoms with Gasteiger partial charge in [0, 0.05) is 35.2 Å². The maximum atomic E-state index is 13.3. The number of hydrogen-bond donors (Lipinski definition) is 4. The smallest absolute Gasteiger partial charge is 0.206 e. The first-order valence-corrected chi connectivity index (χ1v) is 16.5. The summed E-state index contributed by atoms with van der Waals surface area (Å²) < 4.78 is 26.5. The van der Waals surface area contributed by atoms with E-state index in [2.05, 4.69) is 10.6 Å². The van der Waals surface area contributed by atoms with E-state index in [4.69, 9.17) is 23.2 Å². The van der Waals surface area contributed by atoms with Crippen LogP contribution in [0.5, 0.6) is 0 Å². The van der Waals surface area contributed by atoms with Gasteiger partial charge in [-0.1, -0.05) is 71.7 Å². The fraction of sp³-hybridized carbons (Fsp3) is 0.294. The molecule has 4 aromatic carbocycles. The van der Waals surface area contributed by atoms with Crippen LogP contribution in [0.25, 0.3) is 0 Å². The predicted molar refractivity (Wildman–Crippen MR) is 181 cm³/mol.